The van der Waals surface area contributed by atoms with Gasteiger partial charge in [-0.15, -0.1) is 11.3 Å². The normalized spacial score (nSPS) is 18.4. The van der Waals surface area contributed by atoms with Crippen molar-refractivity contribution in [3.8, 4) is 0 Å². The highest BCUT2D eigenvalue weighted by atomic mass is 32.1. The van der Waals surface area contributed by atoms with E-state index in [9.17, 15) is 9.59 Å². The monoisotopic (exact) mass is 296 g/mol. The Balaban J connectivity index is 2.01. The highest BCUT2D eigenvalue weighted by Crippen LogP contribution is 2.30. The summed E-state index contributed by atoms with van der Waals surface area (Å²) in [7, 11) is 0. The zero-order valence-electron chi connectivity index (χ0n) is 11.8. The van der Waals surface area contributed by atoms with Gasteiger partial charge in [-0.1, -0.05) is 13.8 Å². The van der Waals surface area contributed by atoms with E-state index in [-0.39, 0.29) is 17.0 Å². The predicted molar refractivity (Wildman–Crippen MR) is 79.5 cm³/mol. The standard InChI is InChI=1S/C14H20N2O3S/c1-14(2)5-3-7-16(8-6-14)13(19)15-11-10(12(17)18)4-9-20-11/h4,9H,3,5-8H2,1-2H3,(H,15,19)(H,17,18). The molecule has 20 heavy (non-hydrogen) atoms. The number of anilines is 1. The smallest absolute Gasteiger partial charge is 0.338 e. The number of rotatable bonds is 2. The van der Waals surface area contributed by atoms with Crippen LogP contribution in [0, 0.1) is 5.41 Å². The van der Waals surface area contributed by atoms with E-state index in [1.54, 1.807) is 10.3 Å². The molecule has 2 heterocycles. The number of carboxylic acids is 1. The molecule has 6 heteroatoms. The van der Waals surface area contributed by atoms with Gasteiger partial charge in [-0.2, -0.15) is 0 Å². The van der Waals surface area contributed by atoms with E-state index in [1.165, 1.54) is 17.4 Å². The molecule has 0 aromatic carbocycles. The lowest BCUT2D eigenvalue weighted by Crippen LogP contribution is -2.36. The number of nitrogens with one attached hydrogen (secondary N) is 1. The maximum absolute atomic E-state index is 12.2. The molecule has 1 fully saturated rings. The van der Waals surface area contributed by atoms with Crippen LogP contribution in [-0.2, 0) is 0 Å². The third-order valence-corrected chi connectivity index (χ3v) is 4.57. The number of amides is 2. The molecule has 2 amide bonds. The van der Waals surface area contributed by atoms with E-state index in [4.69, 9.17) is 5.11 Å². The molecule has 2 rings (SSSR count). The lowest BCUT2D eigenvalue weighted by Gasteiger charge is -2.23. The van der Waals surface area contributed by atoms with E-state index in [0.29, 0.717) is 11.5 Å². The molecule has 0 bridgehead atoms. The third-order valence-electron chi connectivity index (χ3n) is 3.74. The first-order valence-electron chi connectivity index (χ1n) is 6.76. The van der Waals surface area contributed by atoms with Crippen LogP contribution in [0.3, 0.4) is 0 Å². The number of nitrogens with zero attached hydrogens (tertiary/aromatic N) is 1. The van der Waals surface area contributed by atoms with E-state index in [1.807, 2.05) is 0 Å². The van der Waals surface area contributed by atoms with E-state index < -0.39 is 5.97 Å². The molecular formula is C14H20N2O3S. The summed E-state index contributed by atoms with van der Waals surface area (Å²) >= 11 is 1.24. The zero-order chi connectivity index (χ0) is 14.8. The quantitative estimate of drug-likeness (QED) is 0.877. The van der Waals surface area contributed by atoms with Crippen molar-refractivity contribution in [3.05, 3.63) is 17.0 Å². The number of carboxylic acid groups (broad SMARTS) is 1. The van der Waals surface area contributed by atoms with Crippen LogP contribution in [0.1, 0.15) is 43.5 Å². The van der Waals surface area contributed by atoms with Crippen LogP contribution < -0.4 is 5.32 Å². The summed E-state index contributed by atoms with van der Waals surface area (Å²) in [5, 5.41) is 13.8. The second-order valence-corrected chi connectivity index (χ2v) is 6.82. The molecule has 1 aromatic rings. The number of hydrogen-bond acceptors (Lipinski definition) is 3. The molecule has 0 saturated carbocycles. The third kappa shape index (κ3) is 3.50. The first-order chi connectivity index (χ1) is 9.39. The minimum Gasteiger partial charge on any atom is -0.478 e. The molecule has 0 unspecified atom stereocenters. The predicted octanol–water partition coefficient (Wildman–Crippen LogP) is 3.49. The Kier molecular flexibility index (Phi) is 4.32. The summed E-state index contributed by atoms with van der Waals surface area (Å²) in [6, 6.07) is 1.31. The fraction of sp³-hybridized carbons (Fsp3) is 0.571. The molecule has 0 spiro atoms. The molecule has 1 aliphatic heterocycles. The SMILES string of the molecule is CC1(C)CCCN(C(=O)Nc2sccc2C(=O)O)CC1. The molecule has 1 aliphatic rings. The Morgan fingerprint density at radius 2 is 2.10 bits per heavy atom. The van der Waals surface area contributed by atoms with E-state index in [2.05, 4.69) is 19.2 Å². The molecule has 0 atom stereocenters. The van der Waals surface area contributed by atoms with Crippen molar-refractivity contribution in [2.45, 2.75) is 33.1 Å². The van der Waals surface area contributed by atoms with Gasteiger partial charge in [0.05, 0.1) is 5.56 Å². The molecule has 1 aromatic heterocycles. The molecule has 0 aliphatic carbocycles. The van der Waals surface area contributed by atoms with Gasteiger partial charge in [-0.05, 0) is 36.1 Å². The van der Waals surface area contributed by atoms with Crippen LogP contribution >= 0.6 is 11.3 Å². The van der Waals surface area contributed by atoms with Crippen LogP contribution in [0.25, 0.3) is 0 Å². The number of thiophene rings is 1. The van der Waals surface area contributed by atoms with Crippen molar-refractivity contribution in [2.75, 3.05) is 18.4 Å². The Bertz CT molecular complexity index is 510. The van der Waals surface area contributed by atoms with Gasteiger partial charge in [0.25, 0.3) is 0 Å². The van der Waals surface area contributed by atoms with Crippen LogP contribution in [0.5, 0.6) is 0 Å². The fourth-order valence-corrected chi connectivity index (χ4v) is 3.15. The van der Waals surface area contributed by atoms with Crippen molar-refractivity contribution >= 4 is 28.3 Å². The summed E-state index contributed by atoms with van der Waals surface area (Å²) in [5.74, 6) is -1.02. The Morgan fingerprint density at radius 3 is 2.80 bits per heavy atom. The summed E-state index contributed by atoms with van der Waals surface area (Å²) in [6.45, 7) is 5.88. The number of hydrogen-bond donors (Lipinski definition) is 2. The molecule has 1 saturated heterocycles. The van der Waals surface area contributed by atoms with Gasteiger partial charge < -0.3 is 10.0 Å². The second-order valence-electron chi connectivity index (χ2n) is 5.90. The molecule has 0 radical (unpaired) electrons. The van der Waals surface area contributed by atoms with Gasteiger partial charge in [-0.25, -0.2) is 9.59 Å². The fourth-order valence-electron chi connectivity index (χ4n) is 2.38. The average Bonchev–Trinajstić information content (AvgIpc) is 2.73. The second kappa shape index (κ2) is 5.83. The number of urea groups is 1. The number of likely N-dealkylation sites (tertiary alicyclic amines) is 1. The van der Waals surface area contributed by atoms with Crippen LogP contribution in [0.2, 0.25) is 0 Å². The molecule has 5 nitrogen and oxygen atoms in total. The van der Waals surface area contributed by atoms with Gasteiger partial charge in [0.1, 0.15) is 5.00 Å². The van der Waals surface area contributed by atoms with Gasteiger partial charge >= 0.3 is 12.0 Å². The number of carbonyl (C=O) groups is 2. The zero-order valence-corrected chi connectivity index (χ0v) is 12.6. The Labute approximate surface area is 122 Å². The first kappa shape index (κ1) is 14.8. The molecule has 110 valence electrons. The molecule has 2 N–H and O–H groups in total. The average molecular weight is 296 g/mol. The summed E-state index contributed by atoms with van der Waals surface area (Å²) in [4.78, 5) is 25.0. The summed E-state index contributed by atoms with van der Waals surface area (Å²) in [6.07, 6.45) is 3.06. The van der Waals surface area contributed by atoms with Crippen LogP contribution in [0.15, 0.2) is 11.4 Å². The van der Waals surface area contributed by atoms with Gasteiger partial charge in [0.2, 0.25) is 0 Å². The highest BCUT2D eigenvalue weighted by Gasteiger charge is 2.26. The number of carbonyl (C=O) groups excluding carboxylic acids is 1. The Morgan fingerprint density at radius 1 is 1.35 bits per heavy atom. The van der Waals surface area contributed by atoms with Crippen molar-refractivity contribution in [3.63, 3.8) is 0 Å². The lowest BCUT2D eigenvalue weighted by atomic mass is 9.85. The van der Waals surface area contributed by atoms with Crippen LogP contribution in [-0.4, -0.2) is 35.1 Å². The van der Waals surface area contributed by atoms with Gasteiger partial charge in [0.15, 0.2) is 0 Å². The summed E-state index contributed by atoms with van der Waals surface area (Å²) < 4.78 is 0. The lowest BCUT2D eigenvalue weighted by molar-refractivity contribution is 0.0698. The van der Waals surface area contributed by atoms with Crippen molar-refractivity contribution in [2.24, 2.45) is 5.41 Å². The number of aromatic carboxylic acids is 1. The van der Waals surface area contributed by atoms with E-state index >= 15 is 0 Å². The largest absolute Gasteiger partial charge is 0.478 e. The van der Waals surface area contributed by atoms with Crippen molar-refractivity contribution in [1.29, 1.82) is 0 Å². The van der Waals surface area contributed by atoms with Crippen LogP contribution in [0.4, 0.5) is 9.80 Å². The first-order valence-corrected chi connectivity index (χ1v) is 7.64. The van der Waals surface area contributed by atoms with Gasteiger partial charge in [0, 0.05) is 13.1 Å². The minimum atomic E-state index is -1.02. The van der Waals surface area contributed by atoms with E-state index in [0.717, 1.165) is 25.8 Å². The maximum Gasteiger partial charge on any atom is 0.338 e. The molecular weight excluding hydrogens is 276 g/mol. The minimum absolute atomic E-state index is 0.151. The van der Waals surface area contributed by atoms with Crippen molar-refractivity contribution in [1.82, 2.24) is 4.90 Å². The highest BCUT2D eigenvalue weighted by molar-refractivity contribution is 7.14. The topological polar surface area (TPSA) is 69.6 Å². The Hall–Kier alpha value is -1.56. The van der Waals surface area contributed by atoms with Gasteiger partial charge in [-0.3, -0.25) is 5.32 Å². The van der Waals surface area contributed by atoms with Crippen molar-refractivity contribution < 1.29 is 14.7 Å². The maximum atomic E-state index is 12.2. The summed E-state index contributed by atoms with van der Waals surface area (Å²) in [5.41, 5.74) is 0.419.